The van der Waals surface area contributed by atoms with Crippen molar-refractivity contribution in [2.24, 2.45) is 0 Å². The molecule has 1 unspecified atom stereocenters. The van der Waals surface area contributed by atoms with E-state index in [2.05, 4.69) is 5.32 Å². The maximum Gasteiger partial charge on any atom is 0.416 e. The Balaban J connectivity index is 1.89. The SMILES string of the molecule is CNC(=O)C(Cc1ccccc1)N(Cc1ccc(Cl)cc1Cl)C(=O)CCCN(c1cccc(C(F)(F)F)c1)S(C)(=O)=O. The van der Waals surface area contributed by atoms with Gasteiger partial charge in [-0.2, -0.15) is 13.2 Å². The number of hydrogen-bond acceptors (Lipinski definition) is 4. The number of nitrogens with one attached hydrogen (secondary N) is 1. The minimum Gasteiger partial charge on any atom is -0.357 e. The van der Waals surface area contributed by atoms with Crippen LogP contribution < -0.4 is 9.62 Å². The predicted molar refractivity (Wildman–Crippen MR) is 158 cm³/mol. The van der Waals surface area contributed by atoms with E-state index in [4.69, 9.17) is 23.2 Å². The molecule has 0 fully saturated rings. The quantitative estimate of drug-likeness (QED) is 0.264. The van der Waals surface area contributed by atoms with Crippen LogP contribution in [0.25, 0.3) is 0 Å². The van der Waals surface area contributed by atoms with Crippen LogP contribution >= 0.6 is 23.2 Å². The van der Waals surface area contributed by atoms with Crippen molar-refractivity contribution in [3.8, 4) is 0 Å². The molecule has 0 aliphatic carbocycles. The number of amides is 2. The van der Waals surface area contributed by atoms with Gasteiger partial charge in [0.15, 0.2) is 0 Å². The lowest BCUT2D eigenvalue weighted by molar-refractivity contribution is -0.141. The highest BCUT2D eigenvalue weighted by Crippen LogP contribution is 2.32. The van der Waals surface area contributed by atoms with Crippen molar-refractivity contribution < 1.29 is 31.2 Å². The van der Waals surface area contributed by atoms with Crippen LogP contribution in [0.1, 0.15) is 29.5 Å². The summed E-state index contributed by atoms with van der Waals surface area (Å²) in [5, 5.41) is 3.28. The Morgan fingerprint density at radius 1 is 0.976 bits per heavy atom. The first-order valence-electron chi connectivity index (χ1n) is 12.8. The predicted octanol–water partition coefficient (Wildman–Crippen LogP) is 5.94. The lowest BCUT2D eigenvalue weighted by Crippen LogP contribution is -2.49. The van der Waals surface area contributed by atoms with E-state index in [1.54, 1.807) is 12.1 Å². The molecule has 0 bridgehead atoms. The molecule has 3 rings (SSSR count). The van der Waals surface area contributed by atoms with E-state index >= 15 is 0 Å². The Morgan fingerprint density at radius 2 is 1.67 bits per heavy atom. The average Bonchev–Trinajstić information content (AvgIpc) is 2.93. The summed E-state index contributed by atoms with van der Waals surface area (Å²) in [5.41, 5.74) is 0.180. The van der Waals surface area contributed by atoms with E-state index in [1.807, 2.05) is 30.3 Å². The monoisotopic (exact) mass is 643 g/mol. The van der Waals surface area contributed by atoms with Crippen molar-refractivity contribution in [1.29, 1.82) is 0 Å². The number of hydrogen-bond donors (Lipinski definition) is 1. The first-order valence-corrected chi connectivity index (χ1v) is 15.4. The zero-order valence-corrected chi connectivity index (χ0v) is 25.2. The van der Waals surface area contributed by atoms with E-state index < -0.39 is 39.6 Å². The van der Waals surface area contributed by atoms with Gasteiger partial charge in [0.2, 0.25) is 21.8 Å². The van der Waals surface area contributed by atoms with Crippen molar-refractivity contribution >= 4 is 50.7 Å². The fourth-order valence-electron chi connectivity index (χ4n) is 4.40. The molecule has 1 atom stereocenters. The molecular formula is C29H30Cl2F3N3O4S. The van der Waals surface area contributed by atoms with Gasteiger partial charge in [0, 0.05) is 43.0 Å². The maximum atomic E-state index is 13.7. The number of carbonyl (C=O) groups excluding carboxylic acids is 2. The van der Waals surface area contributed by atoms with E-state index in [1.165, 1.54) is 24.1 Å². The molecule has 42 heavy (non-hydrogen) atoms. The number of carbonyl (C=O) groups is 2. The number of sulfonamides is 1. The summed E-state index contributed by atoms with van der Waals surface area (Å²) in [7, 11) is -2.53. The Kier molecular flexibility index (Phi) is 11.3. The van der Waals surface area contributed by atoms with Crippen molar-refractivity contribution in [2.75, 3.05) is 24.2 Å². The van der Waals surface area contributed by atoms with Crippen LogP contribution in [-0.2, 0) is 38.8 Å². The number of anilines is 1. The molecule has 0 spiro atoms. The molecule has 3 aromatic rings. The molecule has 0 saturated carbocycles. The summed E-state index contributed by atoms with van der Waals surface area (Å²) >= 11 is 12.4. The molecule has 0 aliphatic rings. The summed E-state index contributed by atoms with van der Waals surface area (Å²) in [5.74, 6) is -0.887. The van der Waals surface area contributed by atoms with Crippen LogP contribution in [0.2, 0.25) is 10.0 Å². The van der Waals surface area contributed by atoms with Crippen LogP contribution in [0.5, 0.6) is 0 Å². The summed E-state index contributed by atoms with van der Waals surface area (Å²) < 4.78 is 65.7. The molecule has 0 aliphatic heterocycles. The number of nitrogens with zero attached hydrogens (tertiary/aromatic N) is 2. The van der Waals surface area contributed by atoms with E-state index in [-0.39, 0.29) is 38.0 Å². The first kappa shape index (κ1) is 33.2. The summed E-state index contributed by atoms with van der Waals surface area (Å²) in [6.07, 6.45) is -3.81. The Morgan fingerprint density at radius 3 is 2.26 bits per heavy atom. The minimum absolute atomic E-state index is 0.0290. The number of benzene rings is 3. The summed E-state index contributed by atoms with van der Waals surface area (Å²) in [6.45, 7) is -0.298. The topological polar surface area (TPSA) is 86.8 Å². The highest BCUT2D eigenvalue weighted by molar-refractivity contribution is 7.92. The van der Waals surface area contributed by atoms with Gasteiger partial charge in [0.05, 0.1) is 17.5 Å². The van der Waals surface area contributed by atoms with Crippen molar-refractivity contribution in [1.82, 2.24) is 10.2 Å². The molecule has 0 aromatic heterocycles. The van der Waals surface area contributed by atoms with Gasteiger partial charge in [0.1, 0.15) is 6.04 Å². The number of rotatable bonds is 12. The highest BCUT2D eigenvalue weighted by Gasteiger charge is 2.32. The smallest absolute Gasteiger partial charge is 0.357 e. The van der Waals surface area contributed by atoms with Crippen molar-refractivity contribution in [3.05, 3.63) is 99.5 Å². The van der Waals surface area contributed by atoms with E-state index in [9.17, 15) is 31.2 Å². The Labute approximate surface area is 253 Å². The Bertz CT molecular complexity index is 1510. The fraction of sp³-hybridized carbons (Fsp3) is 0.310. The minimum atomic E-state index is -4.66. The normalized spacial score (nSPS) is 12.5. The van der Waals surface area contributed by atoms with Gasteiger partial charge in [-0.05, 0) is 47.9 Å². The van der Waals surface area contributed by atoms with Gasteiger partial charge in [0.25, 0.3) is 0 Å². The lowest BCUT2D eigenvalue weighted by Gasteiger charge is -2.32. The molecule has 3 aromatic carbocycles. The Hall–Kier alpha value is -3.28. The molecule has 13 heteroatoms. The second kappa shape index (κ2) is 14.3. The van der Waals surface area contributed by atoms with Crippen LogP contribution in [0.3, 0.4) is 0 Å². The molecule has 7 nitrogen and oxygen atoms in total. The first-order chi connectivity index (χ1) is 19.7. The average molecular weight is 645 g/mol. The van der Waals surface area contributed by atoms with Gasteiger partial charge in [-0.25, -0.2) is 8.42 Å². The third kappa shape index (κ3) is 9.11. The van der Waals surface area contributed by atoms with Gasteiger partial charge >= 0.3 is 6.18 Å². The molecule has 0 saturated heterocycles. The van der Waals surface area contributed by atoms with Crippen LogP contribution in [-0.4, -0.2) is 51.0 Å². The molecule has 0 radical (unpaired) electrons. The second-order valence-corrected chi connectivity index (χ2v) is 12.3. The van der Waals surface area contributed by atoms with Gasteiger partial charge < -0.3 is 10.2 Å². The van der Waals surface area contributed by atoms with Crippen LogP contribution in [0.4, 0.5) is 18.9 Å². The van der Waals surface area contributed by atoms with Crippen molar-refractivity contribution in [2.45, 2.75) is 38.0 Å². The lowest BCUT2D eigenvalue weighted by atomic mass is 10.0. The van der Waals surface area contributed by atoms with Gasteiger partial charge in [-0.1, -0.05) is 65.7 Å². The number of alkyl halides is 3. The van der Waals surface area contributed by atoms with E-state index in [0.29, 0.717) is 15.6 Å². The van der Waals surface area contributed by atoms with Crippen molar-refractivity contribution in [3.63, 3.8) is 0 Å². The molecular weight excluding hydrogens is 614 g/mol. The maximum absolute atomic E-state index is 13.7. The van der Waals surface area contributed by atoms with Gasteiger partial charge in [-0.15, -0.1) is 0 Å². The fourth-order valence-corrected chi connectivity index (χ4v) is 5.82. The zero-order valence-electron chi connectivity index (χ0n) is 22.9. The largest absolute Gasteiger partial charge is 0.416 e. The molecule has 0 heterocycles. The zero-order chi connectivity index (χ0) is 31.1. The number of halogens is 5. The van der Waals surface area contributed by atoms with E-state index in [0.717, 1.165) is 34.3 Å². The molecule has 226 valence electrons. The highest BCUT2D eigenvalue weighted by atomic mass is 35.5. The second-order valence-electron chi connectivity index (χ2n) is 9.56. The van der Waals surface area contributed by atoms with Crippen LogP contribution in [0.15, 0.2) is 72.8 Å². The third-order valence-electron chi connectivity index (χ3n) is 6.49. The molecule has 2 amide bonds. The summed E-state index contributed by atoms with van der Waals surface area (Å²) in [6, 6.07) is 16.9. The van der Waals surface area contributed by atoms with Crippen LogP contribution in [0, 0.1) is 0 Å². The molecule has 1 N–H and O–H groups in total. The standard InChI is InChI=1S/C29H30Cl2F3N3O4S/c1-35-28(39)26(16-20-8-4-3-5-9-20)36(19-21-13-14-23(30)18-25(21)31)27(38)12-7-15-37(42(2,40)41)24-11-6-10-22(17-24)29(32,33)34/h3-6,8-11,13-14,17-18,26H,7,12,15-16,19H2,1-2H3,(H,35,39). The van der Waals surface area contributed by atoms with Gasteiger partial charge in [-0.3, -0.25) is 13.9 Å². The number of likely N-dealkylation sites (N-methyl/N-ethyl adjacent to an activating group) is 1. The third-order valence-corrected chi connectivity index (χ3v) is 8.27. The summed E-state index contributed by atoms with van der Waals surface area (Å²) in [4.78, 5) is 28.1.